The van der Waals surface area contributed by atoms with Gasteiger partial charge in [-0.15, -0.1) is 0 Å². The van der Waals surface area contributed by atoms with E-state index < -0.39 is 9.84 Å². The minimum absolute atomic E-state index is 0.185. The second-order valence-electron chi connectivity index (χ2n) is 3.50. The molecule has 0 bridgehead atoms. The highest BCUT2D eigenvalue weighted by molar-refractivity contribution is 7.90. The van der Waals surface area contributed by atoms with Gasteiger partial charge in [0.25, 0.3) is 0 Å². The predicted octanol–water partition coefficient (Wildman–Crippen LogP) is 1.03. The van der Waals surface area contributed by atoms with E-state index in [1.807, 2.05) is 0 Å². The zero-order chi connectivity index (χ0) is 12.3. The molecule has 2 rings (SSSR count). The van der Waals surface area contributed by atoms with Gasteiger partial charge >= 0.3 is 0 Å². The Morgan fingerprint density at radius 2 is 1.82 bits per heavy atom. The molecule has 6 heteroatoms. The van der Waals surface area contributed by atoms with Gasteiger partial charge in [-0.1, -0.05) is 6.07 Å². The average molecular weight is 249 g/mol. The van der Waals surface area contributed by atoms with Crippen LogP contribution in [0, 0.1) is 0 Å². The Balaban J connectivity index is 2.32. The van der Waals surface area contributed by atoms with Crippen LogP contribution in [-0.4, -0.2) is 18.4 Å². The fourth-order valence-electron chi connectivity index (χ4n) is 1.37. The molecule has 88 valence electrons. The zero-order valence-electron chi connectivity index (χ0n) is 8.95. The van der Waals surface area contributed by atoms with E-state index in [4.69, 9.17) is 5.73 Å². The van der Waals surface area contributed by atoms with E-state index >= 15 is 0 Å². The summed E-state index contributed by atoms with van der Waals surface area (Å²) in [5.41, 5.74) is 5.97. The Morgan fingerprint density at radius 3 is 2.47 bits per heavy atom. The normalized spacial score (nSPS) is 11.3. The predicted molar refractivity (Wildman–Crippen MR) is 63.8 cm³/mol. The van der Waals surface area contributed by atoms with Crippen molar-refractivity contribution in [2.75, 3.05) is 5.73 Å². The third kappa shape index (κ3) is 2.79. The van der Waals surface area contributed by atoms with Crippen LogP contribution in [0.25, 0.3) is 0 Å². The Labute approximate surface area is 99.3 Å². The Kier molecular flexibility index (Phi) is 3.06. The number of hydrogen-bond acceptors (Lipinski definition) is 5. The van der Waals surface area contributed by atoms with Gasteiger partial charge in [0.2, 0.25) is 0 Å². The van der Waals surface area contributed by atoms with Gasteiger partial charge in [-0.25, -0.2) is 18.4 Å². The Hall–Kier alpha value is -1.95. The SMILES string of the molecule is Nc1cccc(S(=O)(=O)Cc2ncccn2)c1. The maximum Gasteiger partial charge on any atom is 0.185 e. The lowest BCUT2D eigenvalue weighted by Gasteiger charge is -2.04. The fraction of sp³-hybridized carbons (Fsp3) is 0.0909. The Morgan fingerprint density at radius 1 is 1.12 bits per heavy atom. The number of nitrogens with zero attached hydrogens (tertiary/aromatic N) is 2. The van der Waals surface area contributed by atoms with Gasteiger partial charge in [0.05, 0.1) is 4.90 Å². The molecule has 0 radical (unpaired) electrons. The molecule has 0 saturated carbocycles. The minimum Gasteiger partial charge on any atom is -0.399 e. The highest BCUT2D eigenvalue weighted by Gasteiger charge is 2.16. The van der Waals surface area contributed by atoms with Crippen LogP contribution in [0.2, 0.25) is 0 Å². The van der Waals surface area contributed by atoms with E-state index in [1.54, 1.807) is 18.2 Å². The quantitative estimate of drug-likeness (QED) is 0.821. The molecule has 5 nitrogen and oxygen atoms in total. The first kappa shape index (κ1) is 11.5. The molecule has 0 saturated heterocycles. The van der Waals surface area contributed by atoms with Crippen LogP contribution in [0.3, 0.4) is 0 Å². The van der Waals surface area contributed by atoms with Crippen molar-refractivity contribution in [3.63, 3.8) is 0 Å². The average Bonchev–Trinajstić information content (AvgIpc) is 2.30. The van der Waals surface area contributed by atoms with E-state index in [2.05, 4.69) is 9.97 Å². The topological polar surface area (TPSA) is 85.9 Å². The van der Waals surface area contributed by atoms with Crippen LogP contribution in [0.1, 0.15) is 5.82 Å². The van der Waals surface area contributed by atoms with Crippen molar-refractivity contribution in [1.29, 1.82) is 0 Å². The highest BCUT2D eigenvalue weighted by atomic mass is 32.2. The maximum atomic E-state index is 12.0. The maximum absolute atomic E-state index is 12.0. The summed E-state index contributed by atoms with van der Waals surface area (Å²) in [7, 11) is -3.44. The van der Waals surface area contributed by atoms with Crippen molar-refractivity contribution >= 4 is 15.5 Å². The number of sulfone groups is 1. The van der Waals surface area contributed by atoms with Crippen molar-refractivity contribution in [1.82, 2.24) is 9.97 Å². The second-order valence-corrected chi connectivity index (χ2v) is 5.49. The molecule has 0 unspecified atom stereocenters. The van der Waals surface area contributed by atoms with Gasteiger partial charge in [0.1, 0.15) is 11.6 Å². The van der Waals surface area contributed by atoms with Crippen LogP contribution < -0.4 is 5.73 Å². The van der Waals surface area contributed by atoms with Gasteiger partial charge in [-0.05, 0) is 24.3 Å². The molecule has 0 aliphatic heterocycles. The van der Waals surface area contributed by atoms with E-state index in [1.165, 1.54) is 24.5 Å². The van der Waals surface area contributed by atoms with E-state index in [0.29, 0.717) is 5.69 Å². The van der Waals surface area contributed by atoms with Gasteiger partial charge in [0.15, 0.2) is 9.84 Å². The summed E-state index contributed by atoms with van der Waals surface area (Å²) in [6, 6.07) is 7.82. The summed E-state index contributed by atoms with van der Waals surface area (Å²) in [4.78, 5) is 7.97. The second kappa shape index (κ2) is 4.50. The monoisotopic (exact) mass is 249 g/mol. The van der Waals surface area contributed by atoms with Crippen LogP contribution in [0.4, 0.5) is 5.69 Å². The van der Waals surface area contributed by atoms with Crippen molar-refractivity contribution in [3.05, 3.63) is 48.5 Å². The van der Waals surface area contributed by atoms with Crippen molar-refractivity contribution in [2.24, 2.45) is 0 Å². The number of aromatic nitrogens is 2. The summed E-state index contributed by atoms with van der Waals surface area (Å²) in [5, 5.41) is 0. The summed E-state index contributed by atoms with van der Waals surface area (Å²) < 4.78 is 24.0. The molecule has 1 aromatic heterocycles. The van der Waals surface area contributed by atoms with Gasteiger partial charge in [-0.2, -0.15) is 0 Å². The van der Waals surface area contributed by atoms with Crippen molar-refractivity contribution in [2.45, 2.75) is 10.6 Å². The number of benzene rings is 1. The number of nitrogens with two attached hydrogens (primary N) is 1. The molecular formula is C11H11N3O2S. The number of anilines is 1. The molecular weight excluding hydrogens is 238 g/mol. The first-order valence-corrected chi connectivity index (χ1v) is 6.57. The number of hydrogen-bond donors (Lipinski definition) is 1. The summed E-state index contributed by atoms with van der Waals surface area (Å²) >= 11 is 0. The molecule has 1 heterocycles. The molecule has 1 aromatic carbocycles. The minimum atomic E-state index is -3.44. The molecule has 0 amide bonds. The van der Waals surface area contributed by atoms with Crippen LogP contribution in [0.15, 0.2) is 47.6 Å². The largest absolute Gasteiger partial charge is 0.399 e. The van der Waals surface area contributed by atoms with Crippen molar-refractivity contribution in [3.8, 4) is 0 Å². The molecule has 2 aromatic rings. The molecule has 0 aliphatic rings. The van der Waals surface area contributed by atoms with Crippen LogP contribution in [-0.2, 0) is 15.6 Å². The fourth-order valence-corrected chi connectivity index (χ4v) is 2.62. The van der Waals surface area contributed by atoms with E-state index in [0.717, 1.165) is 0 Å². The van der Waals surface area contributed by atoms with Crippen LogP contribution >= 0.6 is 0 Å². The van der Waals surface area contributed by atoms with E-state index in [-0.39, 0.29) is 16.5 Å². The van der Waals surface area contributed by atoms with Gasteiger partial charge in [-0.3, -0.25) is 0 Å². The molecule has 0 atom stereocenters. The number of nitrogen functional groups attached to an aromatic ring is 1. The zero-order valence-corrected chi connectivity index (χ0v) is 9.76. The lowest BCUT2D eigenvalue weighted by atomic mass is 10.3. The third-order valence-electron chi connectivity index (χ3n) is 2.16. The molecule has 0 aliphatic carbocycles. The van der Waals surface area contributed by atoms with E-state index in [9.17, 15) is 8.42 Å². The van der Waals surface area contributed by atoms with Gasteiger partial charge < -0.3 is 5.73 Å². The summed E-state index contributed by atoms with van der Waals surface area (Å²) in [6.45, 7) is 0. The third-order valence-corrected chi connectivity index (χ3v) is 3.77. The standard InChI is InChI=1S/C11H11N3O2S/c12-9-3-1-4-10(7-9)17(15,16)8-11-13-5-2-6-14-11/h1-7H,8,12H2. The molecule has 17 heavy (non-hydrogen) atoms. The molecule has 2 N–H and O–H groups in total. The van der Waals surface area contributed by atoms with Crippen LogP contribution in [0.5, 0.6) is 0 Å². The summed E-state index contributed by atoms with van der Waals surface area (Å²) in [5.74, 6) is 0.0482. The number of rotatable bonds is 3. The first-order chi connectivity index (χ1) is 8.08. The summed E-state index contributed by atoms with van der Waals surface area (Å²) in [6.07, 6.45) is 3.02. The Bertz CT molecular complexity index is 612. The highest BCUT2D eigenvalue weighted by Crippen LogP contribution is 2.16. The molecule has 0 fully saturated rings. The lowest BCUT2D eigenvalue weighted by molar-refractivity contribution is 0.594. The molecule has 0 spiro atoms. The smallest absolute Gasteiger partial charge is 0.185 e. The van der Waals surface area contributed by atoms with Crippen molar-refractivity contribution < 1.29 is 8.42 Å². The lowest BCUT2D eigenvalue weighted by Crippen LogP contribution is -2.08. The first-order valence-electron chi connectivity index (χ1n) is 4.92. The van der Waals surface area contributed by atoms with Gasteiger partial charge in [0, 0.05) is 18.1 Å².